The molecule has 0 saturated carbocycles. The van der Waals surface area contributed by atoms with Gasteiger partial charge in [0, 0.05) is 0 Å². The van der Waals surface area contributed by atoms with E-state index in [1.807, 2.05) is 0 Å². The second kappa shape index (κ2) is 7.19. The van der Waals surface area contributed by atoms with Gasteiger partial charge in [-0.05, 0) is 20.8 Å². The molecule has 1 unspecified atom stereocenters. The van der Waals surface area contributed by atoms with E-state index in [0.717, 1.165) is 0 Å². The predicted octanol–water partition coefficient (Wildman–Crippen LogP) is 0.0739. The third kappa shape index (κ3) is 24.6. The molecule has 15 heavy (non-hydrogen) atoms. The van der Waals surface area contributed by atoms with E-state index in [4.69, 9.17) is 20.4 Å². The van der Waals surface area contributed by atoms with Gasteiger partial charge in [0.25, 0.3) is 0 Å². The van der Waals surface area contributed by atoms with Gasteiger partial charge in [-0.1, -0.05) is 0 Å². The van der Waals surface area contributed by atoms with Crippen LogP contribution < -0.4 is 0 Å². The van der Waals surface area contributed by atoms with Crippen molar-refractivity contribution >= 4 is 11.9 Å². The first-order chi connectivity index (χ1) is 6.54. The molecule has 0 spiro atoms. The molecular formula is C9H18O6. The maximum Gasteiger partial charge on any atom is 0.306 e. The van der Waals surface area contributed by atoms with Crippen molar-refractivity contribution in [2.45, 2.75) is 45.3 Å². The number of carbonyl (C=O) groups is 2. The van der Waals surface area contributed by atoms with Crippen LogP contribution in [0.3, 0.4) is 0 Å². The number of aliphatic hydroxyl groups is 2. The average molecular weight is 222 g/mol. The fourth-order valence-corrected chi connectivity index (χ4v) is 0.623. The van der Waals surface area contributed by atoms with Gasteiger partial charge in [-0.15, -0.1) is 0 Å². The minimum absolute atomic E-state index is 0.167. The van der Waals surface area contributed by atoms with Gasteiger partial charge >= 0.3 is 11.9 Å². The lowest BCUT2D eigenvalue weighted by Gasteiger charge is -2.12. The average Bonchev–Trinajstić information content (AvgIpc) is 1.76. The van der Waals surface area contributed by atoms with Crippen LogP contribution >= 0.6 is 0 Å². The fourth-order valence-electron chi connectivity index (χ4n) is 0.623. The molecule has 0 aliphatic heterocycles. The van der Waals surface area contributed by atoms with Gasteiger partial charge in [-0.25, -0.2) is 0 Å². The van der Waals surface area contributed by atoms with Crippen molar-refractivity contribution in [2.24, 2.45) is 0 Å². The van der Waals surface area contributed by atoms with Crippen molar-refractivity contribution in [3.63, 3.8) is 0 Å². The molecule has 0 amide bonds. The summed E-state index contributed by atoms with van der Waals surface area (Å²) in [5, 5.41) is 33.2. The van der Waals surface area contributed by atoms with Crippen molar-refractivity contribution in [3.8, 4) is 0 Å². The van der Waals surface area contributed by atoms with Crippen molar-refractivity contribution in [2.75, 3.05) is 0 Å². The third-order valence-corrected chi connectivity index (χ3v) is 1.05. The Labute approximate surface area is 88.2 Å². The Kier molecular flexibility index (Phi) is 7.81. The first kappa shape index (κ1) is 16.3. The van der Waals surface area contributed by atoms with Gasteiger partial charge in [0.15, 0.2) is 0 Å². The molecule has 0 bridgehead atoms. The standard InChI is InChI=1S/C5H10O3.C4H8O3/c1-5(2,8)3-4(6)7;1-3(5)2-4(6)7/h8H,3H2,1-2H3,(H,6,7);3,5H,2H2,1H3,(H,6,7). The number of carboxylic acids is 2. The summed E-state index contributed by atoms with van der Waals surface area (Å²) in [6.45, 7) is 4.36. The lowest BCUT2D eigenvalue weighted by atomic mass is 10.1. The zero-order chi connectivity index (χ0) is 12.6. The first-order valence-electron chi connectivity index (χ1n) is 4.38. The third-order valence-electron chi connectivity index (χ3n) is 1.05. The Balaban J connectivity index is 0. The van der Waals surface area contributed by atoms with E-state index in [9.17, 15) is 9.59 Å². The quantitative estimate of drug-likeness (QED) is 0.535. The van der Waals surface area contributed by atoms with Crippen LogP contribution in [0.2, 0.25) is 0 Å². The Bertz CT molecular complexity index is 203. The van der Waals surface area contributed by atoms with Crippen molar-refractivity contribution in [1.82, 2.24) is 0 Å². The molecule has 0 aliphatic rings. The maximum atomic E-state index is 9.85. The highest BCUT2D eigenvalue weighted by molar-refractivity contribution is 5.67. The highest BCUT2D eigenvalue weighted by atomic mass is 16.4. The summed E-state index contributed by atoms with van der Waals surface area (Å²) >= 11 is 0. The molecule has 0 aromatic heterocycles. The molecule has 0 aromatic rings. The highest BCUT2D eigenvalue weighted by Crippen LogP contribution is 2.05. The maximum absolute atomic E-state index is 9.85. The van der Waals surface area contributed by atoms with E-state index < -0.39 is 23.6 Å². The largest absolute Gasteiger partial charge is 0.481 e. The van der Waals surface area contributed by atoms with E-state index in [-0.39, 0.29) is 12.8 Å². The Morgan fingerprint density at radius 1 is 1.20 bits per heavy atom. The number of hydrogen-bond donors (Lipinski definition) is 4. The molecule has 6 heteroatoms. The second-order valence-corrected chi connectivity index (χ2v) is 3.83. The molecule has 0 fully saturated rings. The van der Waals surface area contributed by atoms with Gasteiger partial charge < -0.3 is 20.4 Å². The van der Waals surface area contributed by atoms with E-state index in [1.54, 1.807) is 0 Å². The summed E-state index contributed by atoms with van der Waals surface area (Å²) in [6, 6.07) is 0. The summed E-state index contributed by atoms with van der Waals surface area (Å²) in [5.41, 5.74) is -1.08. The molecule has 90 valence electrons. The number of aliphatic carboxylic acids is 2. The van der Waals surface area contributed by atoms with Crippen molar-refractivity contribution in [1.29, 1.82) is 0 Å². The molecule has 0 radical (unpaired) electrons. The second-order valence-electron chi connectivity index (χ2n) is 3.83. The Morgan fingerprint density at radius 3 is 1.60 bits per heavy atom. The van der Waals surface area contributed by atoms with Gasteiger partial charge in [-0.3, -0.25) is 9.59 Å². The lowest BCUT2D eigenvalue weighted by Crippen LogP contribution is -2.22. The summed E-state index contributed by atoms with van der Waals surface area (Å²) in [4.78, 5) is 19.5. The summed E-state index contributed by atoms with van der Waals surface area (Å²) < 4.78 is 0. The Hall–Kier alpha value is -1.14. The number of hydrogen-bond acceptors (Lipinski definition) is 4. The fraction of sp³-hybridized carbons (Fsp3) is 0.778. The molecule has 4 N–H and O–H groups in total. The molecule has 0 rings (SSSR count). The van der Waals surface area contributed by atoms with Gasteiger partial charge in [0.05, 0.1) is 24.5 Å². The van der Waals surface area contributed by atoms with Crippen LogP contribution in [0.1, 0.15) is 33.6 Å². The minimum atomic E-state index is -1.08. The van der Waals surface area contributed by atoms with Crippen LogP contribution in [0.5, 0.6) is 0 Å². The zero-order valence-electron chi connectivity index (χ0n) is 9.10. The normalized spacial score (nSPS) is 12.3. The zero-order valence-corrected chi connectivity index (χ0v) is 9.10. The number of rotatable bonds is 4. The summed E-state index contributed by atoms with van der Waals surface area (Å²) in [5.74, 6) is -1.94. The predicted molar refractivity (Wildman–Crippen MR) is 52.5 cm³/mol. The molecule has 0 aromatic carbocycles. The van der Waals surface area contributed by atoms with Crippen molar-refractivity contribution in [3.05, 3.63) is 0 Å². The van der Waals surface area contributed by atoms with Gasteiger partial charge in [0.2, 0.25) is 0 Å². The van der Waals surface area contributed by atoms with Crippen LogP contribution in [-0.4, -0.2) is 44.1 Å². The van der Waals surface area contributed by atoms with E-state index in [0.29, 0.717) is 0 Å². The van der Waals surface area contributed by atoms with Gasteiger partial charge in [-0.2, -0.15) is 0 Å². The lowest BCUT2D eigenvalue weighted by molar-refractivity contribution is -0.141. The van der Waals surface area contributed by atoms with Crippen LogP contribution in [0.4, 0.5) is 0 Å². The minimum Gasteiger partial charge on any atom is -0.481 e. The first-order valence-corrected chi connectivity index (χ1v) is 4.38. The van der Waals surface area contributed by atoms with Crippen LogP contribution in [0.25, 0.3) is 0 Å². The van der Waals surface area contributed by atoms with E-state index >= 15 is 0 Å². The number of aliphatic hydroxyl groups excluding tert-OH is 1. The topological polar surface area (TPSA) is 115 Å². The molecule has 0 saturated heterocycles. The summed E-state index contributed by atoms with van der Waals surface area (Å²) in [6.07, 6.45) is -1.09. The van der Waals surface area contributed by atoms with E-state index in [1.165, 1.54) is 20.8 Å². The molecular weight excluding hydrogens is 204 g/mol. The highest BCUT2D eigenvalue weighted by Gasteiger charge is 2.16. The van der Waals surface area contributed by atoms with Crippen LogP contribution in [0.15, 0.2) is 0 Å². The van der Waals surface area contributed by atoms with Crippen LogP contribution in [-0.2, 0) is 9.59 Å². The molecule has 0 heterocycles. The SMILES string of the molecule is CC(C)(O)CC(=O)O.CC(O)CC(=O)O. The molecule has 1 atom stereocenters. The number of carboxylic acid groups (broad SMARTS) is 2. The molecule has 0 aliphatic carbocycles. The van der Waals surface area contributed by atoms with Crippen molar-refractivity contribution < 1.29 is 30.0 Å². The summed E-state index contributed by atoms with van der Waals surface area (Å²) in [7, 11) is 0. The smallest absolute Gasteiger partial charge is 0.306 e. The monoisotopic (exact) mass is 222 g/mol. The van der Waals surface area contributed by atoms with Gasteiger partial charge in [0.1, 0.15) is 0 Å². The van der Waals surface area contributed by atoms with Crippen LogP contribution in [0, 0.1) is 0 Å². The molecule has 6 nitrogen and oxygen atoms in total. The Morgan fingerprint density at radius 2 is 1.60 bits per heavy atom. The van der Waals surface area contributed by atoms with E-state index in [2.05, 4.69) is 0 Å².